The molecule has 0 spiro atoms. The van der Waals surface area contributed by atoms with Gasteiger partial charge in [0, 0.05) is 6.61 Å². The maximum absolute atomic E-state index is 9.17. The van der Waals surface area contributed by atoms with Gasteiger partial charge in [-0.15, -0.1) is 0 Å². The summed E-state index contributed by atoms with van der Waals surface area (Å²) < 4.78 is 5.63. The standard InChI is InChI=1S/C12H21NO2/c1-11(2)4-6-12(10-13,7-5-11)15-9-3-8-14/h14H,3-9H2,1-2H3. The van der Waals surface area contributed by atoms with E-state index in [0.29, 0.717) is 18.4 Å². The Balaban J connectivity index is 2.46. The molecule has 0 heterocycles. The van der Waals surface area contributed by atoms with Gasteiger partial charge in [0.1, 0.15) is 0 Å². The third-order valence-corrected chi connectivity index (χ3v) is 3.30. The van der Waals surface area contributed by atoms with E-state index in [9.17, 15) is 5.26 Å². The summed E-state index contributed by atoms with van der Waals surface area (Å²) in [6.45, 7) is 5.10. The van der Waals surface area contributed by atoms with Crippen LogP contribution in [0.3, 0.4) is 0 Å². The van der Waals surface area contributed by atoms with Crippen LogP contribution in [-0.4, -0.2) is 23.9 Å². The molecule has 0 unspecified atom stereocenters. The first kappa shape index (κ1) is 12.5. The molecule has 1 fully saturated rings. The van der Waals surface area contributed by atoms with Gasteiger partial charge in [-0.25, -0.2) is 0 Å². The minimum absolute atomic E-state index is 0.132. The number of hydrogen-bond donors (Lipinski definition) is 1. The molecule has 0 aromatic heterocycles. The van der Waals surface area contributed by atoms with Gasteiger partial charge in [0.15, 0.2) is 5.60 Å². The van der Waals surface area contributed by atoms with E-state index >= 15 is 0 Å². The molecule has 0 aliphatic heterocycles. The Bertz CT molecular complexity index is 232. The van der Waals surface area contributed by atoms with Crippen LogP contribution in [0.25, 0.3) is 0 Å². The van der Waals surface area contributed by atoms with Crippen molar-refractivity contribution in [3.63, 3.8) is 0 Å². The van der Waals surface area contributed by atoms with Crippen molar-refractivity contribution < 1.29 is 9.84 Å². The summed E-state index contributed by atoms with van der Waals surface area (Å²) in [7, 11) is 0. The van der Waals surface area contributed by atoms with E-state index in [1.54, 1.807) is 0 Å². The third-order valence-electron chi connectivity index (χ3n) is 3.30. The van der Waals surface area contributed by atoms with E-state index in [-0.39, 0.29) is 6.61 Å². The molecule has 0 saturated heterocycles. The molecule has 0 aromatic carbocycles. The normalized spacial score (nSPS) is 23.3. The SMILES string of the molecule is CC1(C)CCC(C#N)(OCCCO)CC1. The Kier molecular flexibility index (Phi) is 4.12. The highest BCUT2D eigenvalue weighted by atomic mass is 16.5. The summed E-state index contributed by atoms with van der Waals surface area (Å²) in [6.07, 6.45) is 4.34. The van der Waals surface area contributed by atoms with Crippen molar-refractivity contribution in [2.45, 2.75) is 51.6 Å². The second kappa shape index (κ2) is 4.96. The second-order valence-electron chi connectivity index (χ2n) is 5.20. The number of ether oxygens (including phenoxy) is 1. The lowest BCUT2D eigenvalue weighted by Crippen LogP contribution is -2.38. The zero-order chi connectivity index (χ0) is 11.4. The molecule has 0 radical (unpaired) electrons. The number of nitrogens with zero attached hydrogens (tertiary/aromatic N) is 1. The average molecular weight is 211 g/mol. The molecular weight excluding hydrogens is 190 g/mol. The van der Waals surface area contributed by atoms with Crippen molar-refractivity contribution in [1.29, 1.82) is 5.26 Å². The van der Waals surface area contributed by atoms with Crippen molar-refractivity contribution in [2.75, 3.05) is 13.2 Å². The van der Waals surface area contributed by atoms with Crippen LogP contribution < -0.4 is 0 Å². The highest BCUT2D eigenvalue weighted by Gasteiger charge is 2.39. The highest BCUT2D eigenvalue weighted by molar-refractivity contribution is 5.05. The largest absolute Gasteiger partial charge is 0.396 e. The first-order valence-electron chi connectivity index (χ1n) is 5.70. The number of rotatable bonds is 4. The monoisotopic (exact) mass is 211 g/mol. The molecule has 1 saturated carbocycles. The molecule has 0 bridgehead atoms. The predicted molar refractivity (Wildman–Crippen MR) is 58.2 cm³/mol. The number of nitriles is 1. The average Bonchev–Trinajstić information content (AvgIpc) is 2.22. The predicted octanol–water partition coefficient (Wildman–Crippen LogP) is 2.25. The molecule has 0 aromatic rings. The molecule has 15 heavy (non-hydrogen) atoms. The van der Waals surface area contributed by atoms with Gasteiger partial charge < -0.3 is 9.84 Å². The second-order valence-corrected chi connectivity index (χ2v) is 5.20. The lowest BCUT2D eigenvalue weighted by atomic mass is 9.71. The van der Waals surface area contributed by atoms with Crippen molar-refractivity contribution in [1.82, 2.24) is 0 Å². The Labute approximate surface area is 92.0 Å². The fraction of sp³-hybridized carbons (Fsp3) is 0.917. The summed E-state index contributed by atoms with van der Waals surface area (Å²) in [4.78, 5) is 0. The molecule has 1 aliphatic rings. The molecule has 3 nitrogen and oxygen atoms in total. The van der Waals surface area contributed by atoms with Crippen LogP contribution >= 0.6 is 0 Å². The molecule has 1 aliphatic carbocycles. The fourth-order valence-electron chi connectivity index (χ4n) is 1.95. The lowest BCUT2D eigenvalue weighted by molar-refractivity contribution is -0.0514. The Morgan fingerprint density at radius 3 is 2.33 bits per heavy atom. The summed E-state index contributed by atoms with van der Waals surface area (Å²) in [6, 6.07) is 2.31. The van der Waals surface area contributed by atoms with Crippen molar-refractivity contribution >= 4 is 0 Å². The molecule has 1 rings (SSSR count). The van der Waals surface area contributed by atoms with Crippen LogP contribution in [0, 0.1) is 16.7 Å². The first-order chi connectivity index (χ1) is 7.04. The Morgan fingerprint density at radius 2 is 1.87 bits per heavy atom. The van der Waals surface area contributed by atoms with E-state index in [2.05, 4.69) is 19.9 Å². The van der Waals surface area contributed by atoms with Crippen molar-refractivity contribution in [3.8, 4) is 6.07 Å². The maximum Gasteiger partial charge on any atom is 0.154 e. The molecule has 86 valence electrons. The molecule has 0 atom stereocenters. The smallest absolute Gasteiger partial charge is 0.154 e. The minimum Gasteiger partial charge on any atom is -0.396 e. The quantitative estimate of drug-likeness (QED) is 0.726. The highest BCUT2D eigenvalue weighted by Crippen LogP contribution is 2.41. The zero-order valence-electron chi connectivity index (χ0n) is 9.75. The number of hydrogen-bond acceptors (Lipinski definition) is 3. The van der Waals surface area contributed by atoms with Crippen molar-refractivity contribution in [2.24, 2.45) is 5.41 Å². The Hall–Kier alpha value is -0.590. The van der Waals surface area contributed by atoms with Crippen LogP contribution in [0.15, 0.2) is 0 Å². The summed E-state index contributed by atoms with van der Waals surface area (Å²) >= 11 is 0. The van der Waals surface area contributed by atoms with Crippen LogP contribution in [0.1, 0.15) is 46.0 Å². The third kappa shape index (κ3) is 3.48. The fourth-order valence-corrected chi connectivity index (χ4v) is 1.95. The summed E-state index contributed by atoms with van der Waals surface area (Å²) in [5.41, 5.74) is -0.231. The van der Waals surface area contributed by atoms with Crippen LogP contribution in [0.2, 0.25) is 0 Å². The minimum atomic E-state index is -0.579. The number of aliphatic hydroxyl groups excluding tert-OH is 1. The van der Waals surface area contributed by atoms with Crippen LogP contribution in [0.4, 0.5) is 0 Å². The van der Waals surface area contributed by atoms with Gasteiger partial charge >= 0.3 is 0 Å². The van der Waals surface area contributed by atoms with E-state index < -0.39 is 5.60 Å². The molecule has 1 N–H and O–H groups in total. The summed E-state index contributed by atoms with van der Waals surface area (Å²) in [5.74, 6) is 0. The van der Waals surface area contributed by atoms with Gasteiger partial charge in [-0.3, -0.25) is 0 Å². The maximum atomic E-state index is 9.17. The number of aliphatic hydroxyl groups is 1. The van der Waals surface area contributed by atoms with Gasteiger partial charge in [0.05, 0.1) is 12.7 Å². The van der Waals surface area contributed by atoms with Crippen LogP contribution in [-0.2, 0) is 4.74 Å². The van der Waals surface area contributed by atoms with E-state index in [1.807, 2.05) is 0 Å². The lowest BCUT2D eigenvalue weighted by Gasteiger charge is -2.39. The van der Waals surface area contributed by atoms with Gasteiger partial charge in [-0.2, -0.15) is 5.26 Å². The Morgan fingerprint density at radius 1 is 1.27 bits per heavy atom. The molecule has 3 heteroatoms. The van der Waals surface area contributed by atoms with Crippen LogP contribution in [0.5, 0.6) is 0 Å². The van der Waals surface area contributed by atoms with Crippen molar-refractivity contribution in [3.05, 3.63) is 0 Å². The van der Waals surface area contributed by atoms with Gasteiger partial charge in [0.2, 0.25) is 0 Å². The van der Waals surface area contributed by atoms with Gasteiger partial charge in [0.25, 0.3) is 0 Å². The van der Waals surface area contributed by atoms with Gasteiger partial charge in [-0.05, 0) is 37.5 Å². The van der Waals surface area contributed by atoms with Gasteiger partial charge in [-0.1, -0.05) is 13.8 Å². The molecular formula is C12H21NO2. The zero-order valence-corrected chi connectivity index (χ0v) is 9.75. The first-order valence-corrected chi connectivity index (χ1v) is 5.70. The van der Waals surface area contributed by atoms with E-state index in [1.165, 1.54) is 0 Å². The topological polar surface area (TPSA) is 53.2 Å². The van der Waals surface area contributed by atoms with E-state index in [0.717, 1.165) is 25.7 Å². The van der Waals surface area contributed by atoms with E-state index in [4.69, 9.17) is 9.84 Å². The summed E-state index contributed by atoms with van der Waals surface area (Å²) in [5, 5.41) is 17.8. The molecule has 0 amide bonds.